The van der Waals surface area contributed by atoms with Gasteiger partial charge in [-0.25, -0.2) is 9.97 Å². The van der Waals surface area contributed by atoms with Crippen LogP contribution in [-0.4, -0.2) is 16.5 Å². The molecule has 1 rings (SSSR count). The molecule has 74 valence electrons. The van der Waals surface area contributed by atoms with E-state index in [4.69, 9.17) is 5.26 Å². The van der Waals surface area contributed by atoms with Gasteiger partial charge in [0.1, 0.15) is 18.0 Å². The van der Waals surface area contributed by atoms with E-state index < -0.39 is 0 Å². The smallest absolute Gasteiger partial charge is 0.182 e. The summed E-state index contributed by atoms with van der Waals surface area (Å²) in [6, 6.07) is 1.70. The molecule has 0 saturated heterocycles. The number of hydrogen-bond donors (Lipinski definition) is 2. The molecule has 14 heavy (non-hydrogen) atoms. The molecule has 5 nitrogen and oxygen atoms in total. The number of nitriles is 1. The van der Waals surface area contributed by atoms with Gasteiger partial charge in [-0.05, 0) is 5.92 Å². The Morgan fingerprint density at radius 1 is 1.43 bits per heavy atom. The lowest BCUT2D eigenvalue weighted by Crippen LogP contribution is -2.09. The lowest BCUT2D eigenvalue weighted by molar-refractivity contribution is 0.687. The summed E-state index contributed by atoms with van der Waals surface area (Å²) in [5.74, 6) is 1.79. The van der Waals surface area contributed by atoms with Gasteiger partial charge in [-0.2, -0.15) is 5.26 Å². The standard InChI is InChI=1S/C9H13N5/c1-7(2)4-11-8-3-9(12-5-10)14-6-13-8/h3,6-7H,4H2,1-2H3,(H2,11,12,13,14). The molecule has 0 amide bonds. The number of aromatic nitrogens is 2. The van der Waals surface area contributed by atoms with Crippen molar-refractivity contribution in [3.8, 4) is 6.19 Å². The molecule has 0 spiro atoms. The largest absolute Gasteiger partial charge is 0.370 e. The van der Waals surface area contributed by atoms with E-state index in [1.54, 1.807) is 6.07 Å². The normalized spacial score (nSPS) is 9.57. The summed E-state index contributed by atoms with van der Waals surface area (Å²) >= 11 is 0. The van der Waals surface area contributed by atoms with Crippen LogP contribution in [0.4, 0.5) is 11.6 Å². The van der Waals surface area contributed by atoms with Gasteiger partial charge < -0.3 is 5.32 Å². The van der Waals surface area contributed by atoms with Crippen molar-refractivity contribution >= 4 is 11.6 Å². The minimum Gasteiger partial charge on any atom is -0.370 e. The number of anilines is 2. The third-order valence-corrected chi connectivity index (χ3v) is 1.54. The first-order valence-electron chi connectivity index (χ1n) is 4.43. The lowest BCUT2D eigenvalue weighted by Gasteiger charge is -2.07. The third kappa shape index (κ3) is 3.27. The van der Waals surface area contributed by atoms with Gasteiger partial charge in [-0.1, -0.05) is 13.8 Å². The molecule has 2 N–H and O–H groups in total. The fourth-order valence-electron chi connectivity index (χ4n) is 0.888. The van der Waals surface area contributed by atoms with Crippen molar-refractivity contribution in [3.63, 3.8) is 0 Å². The van der Waals surface area contributed by atoms with Crippen LogP contribution in [0.2, 0.25) is 0 Å². The molecule has 0 bridgehead atoms. The first-order chi connectivity index (χ1) is 6.72. The van der Waals surface area contributed by atoms with Crippen molar-refractivity contribution in [2.75, 3.05) is 17.2 Å². The predicted molar refractivity (Wildman–Crippen MR) is 54.6 cm³/mol. The van der Waals surface area contributed by atoms with Crippen LogP contribution in [-0.2, 0) is 0 Å². The van der Waals surface area contributed by atoms with Gasteiger partial charge in [-0.3, -0.25) is 5.32 Å². The van der Waals surface area contributed by atoms with Crippen LogP contribution in [0.25, 0.3) is 0 Å². The maximum Gasteiger partial charge on any atom is 0.182 e. The molecular weight excluding hydrogens is 178 g/mol. The summed E-state index contributed by atoms with van der Waals surface area (Å²) < 4.78 is 0. The highest BCUT2D eigenvalue weighted by molar-refractivity contribution is 5.48. The zero-order chi connectivity index (χ0) is 10.4. The zero-order valence-corrected chi connectivity index (χ0v) is 8.28. The number of hydrogen-bond acceptors (Lipinski definition) is 5. The molecule has 1 aromatic heterocycles. The Balaban J connectivity index is 2.60. The highest BCUT2D eigenvalue weighted by Gasteiger charge is 1.98. The molecule has 0 atom stereocenters. The molecule has 0 fully saturated rings. The summed E-state index contributed by atoms with van der Waals surface area (Å²) in [5, 5.41) is 14.0. The van der Waals surface area contributed by atoms with Crippen LogP contribution in [0, 0.1) is 17.4 Å². The summed E-state index contributed by atoms with van der Waals surface area (Å²) in [4.78, 5) is 7.89. The van der Waals surface area contributed by atoms with Gasteiger partial charge >= 0.3 is 0 Å². The van der Waals surface area contributed by atoms with Gasteiger partial charge in [0, 0.05) is 12.6 Å². The molecule has 0 radical (unpaired) electrons. The quantitative estimate of drug-likeness (QED) is 0.556. The molecule has 0 aliphatic rings. The fraction of sp³-hybridized carbons (Fsp3) is 0.444. The summed E-state index contributed by atoms with van der Waals surface area (Å²) in [6.07, 6.45) is 3.23. The molecular formula is C9H13N5. The van der Waals surface area contributed by atoms with Gasteiger partial charge in [0.2, 0.25) is 0 Å². The van der Waals surface area contributed by atoms with Gasteiger partial charge in [0.05, 0.1) is 0 Å². The van der Waals surface area contributed by atoms with Crippen molar-refractivity contribution in [3.05, 3.63) is 12.4 Å². The predicted octanol–water partition coefficient (Wildman–Crippen LogP) is 1.44. The topological polar surface area (TPSA) is 73.6 Å². The fourth-order valence-corrected chi connectivity index (χ4v) is 0.888. The van der Waals surface area contributed by atoms with Crippen LogP contribution in [0.1, 0.15) is 13.8 Å². The summed E-state index contributed by atoms with van der Waals surface area (Å²) in [7, 11) is 0. The minimum absolute atomic E-state index is 0.508. The number of nitrogens with zero attached hydrogens (tertiary/aromatic N) is 3. The molecule has 0 aromatic carbocycles. The van der Waals surface area contributed by atoms with Gasteiger partial charge in [-0.15, -0.1) is 0 Å². The van der Waals surface area contributed by atoms with Crippen molar-refractivity contribution < 1.29 is 0 Å². The second-order valence-corrected chi connectivity index (χ2v) is 3.30. The SMILES string of the molecule is CC(C)CNc1cc(NC#N)ncn1. The van der Waals surface area contributed by atoms with Crippen molar-refractivity contribution in [2.45, 2.75) is 13.8 Å². The Labute approximate surface area is 83.2 Å². The van der Waals surface area contributed by atoms with Crippen LogP contribution in [0.3, 0.4) is 0 Å². The Morgan fingerprint density at radius 2 is 2.14 bits per heavy atom. The molecule has 1 aromatic rings. The highest BCUT2D eigenvalue weighted by Crippen LogP contribution is 2.08. The Hall–Kier alpha value is -1.83. The first kappa shape index (κ1) is 10.3. The minimum atomic E-state index is 0.508. The summed E-state index contributed by atoms with van der Waals surface area (Å²) in [5.41, 5.74) is 0. The van der Waals surface area contributed by atoms with Gasteiger partial charge in [0.25, 0.3) is 0 Å². The van der Waals surface area contributed by atoms with Gasteiger partial charge in [0.15, 0.2) is 6.19 Å². The second-order valence-electron chi connectivity index (χ2n) is 3.30. The van der Waals surface area contributed by atoms with E-state index in [1.807, 2.05) is 6.19 Å². The van der Waals surface area contributed by atoms with E-state index in [0.29, 0.717) is 11.7 Å². The van der Waals surface area contributed by atoms with Crippen LogP contribution in [0.5, 0.6) is 0 Å². The average Bonchev–Trinajstić information content (AvgIpc) is 2.16. The number of nitrogens with one attached hydrogen (secondary N) is 2. The molecule has 5 heteroatoms. The maximum atomic E-state index is 8.39. The molecule has 0 aliphatic heterocycles. The zero-order valence-electron chi connectivity index (χ0n) is 8.28. The van der Waals surface area contributed by atoms with E-state index >= 15 is 0 Å². The van der Waals surface area contributed by atoms with E-state index in [1.165, 1.54) is 6.33 Å². The Bertz CT molecular complexity index is 328. The van der Waals surface area contributed by atoms with Crippen molar-refractivity contribution in [1.29, 1.82) is 5.26 Å². The lowest BCUT2D eigenvalue weighted by atomic mass is 10.2. The number of rotatable bonds is 4. The monoisotopic (exact) mass is 191 g/mol. The van der Waals surface area contributed by atoms with Crippen molar-refractivity contribution in [1.82, 2.24) is 9.97 Å². The Morgan fingerprint density at radius 3 is 2.79 bits per heavy atom. The third-order valence-electron chi connectivity index (χ3n) is 1.54. The van der Waals surface area contributed by atoms with E-state index in [0.717, 1.165) is 12.4 Å². The summed E-state index contributed by atoms with van der Waals surface area (Å²) in [6.45, 7) is 5.08. The first-order valence-corrected chi connectivity index (χ1v) is 4.43. The Kier molecular flexibility index (Phi) is 3.68. The maximum absolute atomic E-state index is 8.39. The molecule has 1 heterocycles. The van der Waals surface area contributed by atoms with Crippen LogP contribution >= 0.6 is 0 Å². The van der Waals surface area contributed by atoms with Crippen LogP contribution < -0.4 is 10.6 Å². The van der Waals surface area contributed by atoms with E-state index in [-0.39, 0.29) is 0 Å². The molecule has 0 saturated carbocycles. The van der Waals surface area contributed by atoms with Crippen molar-refractivity contribution in [2.24, 2.45) is 5.92 Å². The van der Waals surface area contributed by atoms with E-state index in [2.05, 4.69) is 34.4 Å². The highest BCUT2D eigenvalue weighted by atomic mass is 15.1. The second kappa shape index (κ2) is 5.02. The van der Waals surface area contributed by atoms with E-state index in [9.17, 15) is 0 Å². The van der Waals surface area contributed by atoms with Crippen LogP contribution in [0.15, 0.2) is 12.4 Å². The molecule has 0 unspecified atom stereocenters. The molecule has 0 aliphatic carbocycles. The average molecular weight is 191 g/mol.